The van der Waals surface area contributed by atoms with Crippen molar-refractivity contribution in [1.29, 1.82) is 0 Å². The molecule has 1 saturated heterocycles. The van der Waals surface area contributed by atoms with E-state index in [-0.39, 0.29) is 10.8 Å². The van der Waals surface area contributed by atoms with Crippen LogP contribution in [0, 0.1) is 5.92 Å². The van der Waals surface area contributed by atoms with Gasteiger partial charge in [0, 0.05) is 12.7 Å². The van der Waals surface area contributed by atoms with Crippen LogP contribution < -0.4 is 10.6 Å². The second kappa shape index (κ2) is 5.07. The minimum atomic E-state index is -3.33. The van der Waals surface area contributed by atoms with E-state index in [4.69, 9.17) is 0 Å². The number of benzene rings is 1. The highest BCUT2D eigenvalue weighted by Gasteiger charge is 2.21. The van der Waals surface area contributed by atoms with E-state index in [1.54, 1.807) is 18.2 Å². The van der Waals surface area contributed by atoms with Crippen molar-refractivity contribution in [3.8, 4) is 0 Å². The molecule has 1 heterocycles. The number of nitrogens with one attached hydrogen (secondary N) is 2. The van der Waals surface area contributed by atoms with Crippen molar-refractivity contribution in [3.05, 3.63) is 24.3 Å². The van der Waals surface area contributed by atoms with Crippen molar-refractivity contribution in [2.24, 2.45) is 5.92 Å². The van der Waals surface area contributed by atoms with Gasteiger partial charge in [0.1, 0.15) is 0 Å². The molecule has 98 valence electrons. The average molecular weight is 268 g/mol. The minimum Gasteiger partial charge on any atom is -0.325 e. The molecular formula is C12H16N2O3S. The maximum atomic E-state index is 11.8. The van der Waals surface area contributed by atoms with Gasteiger partial charge in [-0.05, 0) is 31.1 Å². The van der Waals surface area contributed by atoms with Gasteiger partial charge in [-0.2, -0.15) is 0 Å². The number of sulfone groups is 1. The number of para-hydroxylation sites is 1. The summed E-state index contributed by atoms with van der Waals surface area (Å²) < 4.78 is 23.1. The molecule has 1 aliphatic heterocycles. The summed E-state index contributed by atoms with van der Waals surface area (Å²) in [7, 11) is -3.33. The van der Waals surface area contributed by atoms with Crippen molar-refractivity contribution in [1.82, 2.24) is 5.32 Å². The number of anilines is 1. The fourth-order valence-corrected chi connectivity index (χ4v) is 2.69. The molecule has 2 N–H and O–H groups in total. The topological polar surface area (TPSA) is 75.3 Å². The second-order valence-corrected chi connectivity index (χ2v) is 6.53. The van der Waals surface area contributed by atoms with Crippen LogP contribution in [0.2, 0.25) is 0 Å². The molecule has 0 atom stereocenters. The van der Waals surface area contributed by atoms with E-state index < -0.39 is 9.84 Å². The third kappa shape index (κ3) is 3.08. The summed E-state index contributed by atoms with van der Waals surface area (Å²) in [6.45, 7) is 1.70. The fourth-order valence-electron chi connectivity index (χ4n) is 1.85. The predicted molar refractivity (Wildman–Crippen MR) is 69.2 cm³/mol. The lowest BCUT2D eigenvalue weighted by Crippen LogP contribution is -2.43. The lowest BCUT2D eigenvalue weighted by atomic mass is 9.99. The molecule has 0 radical (unpaired) electrons. The molecule has 1 amide bonds. The Kier molecular flexibility index (Phi) is 3.68. The first kappa shape index (κ1) is 13.0. The fraction of sp³-hybridized carbons (Fsp3) is 0.417. The third-order valence-corrected chi connectivity index (χ3v) is 4.06. The molecule has 1 aromatic rings. The Morgan fingerprint density at radius 3 is 2.61 bits per heavy atom. The van der Waals surface area contributed by atoms with Crippen LogP contribution >= 0.6 is 0 Å². The van der Waals surface area contributed by atoms with Gasteiger partial charge in [-0.25, -0.2) is 8.42 Å². The summed E-state index contributed by atoms with van der Waals surface area (Å²) in [5.41, 5.74) is 0.359. The molecule has 1 aromatic carbocycles. The van der Waals surface area contributed by atoms with Gasteiger partial charge in [-0.3, -0.25) is 4.79 Å². The van der Waals surface area contributed by atoms with Gasteiger partial charge >= 0.3 is 0 Å². The van der Waals surface area contributed by atoms with Crippen molar-refractivity contribution in [2.45, 2.75) is 11.3 Å². The van der Waals surface area contributed by atoms with Crippen LogP contribution in [-0.4, -0.2) is 33.7 Å². The van der Waals surface area contributed by atoms with Crippen molar-refractivity contribution < 1.29 is 13.2 Å². The van der Waals surface area contributed by atoms with Crippen LogP contribution in [0.25, 0.3) is 0 Å². The second-order valence-electron chi connectivity index (χ2n) is 4.54. The Morgan fingerprint density at radius 2 is 2.06 bits per heavy atom. The Balaban J connectivity index is 2.11. The Hall–Kier alpha value is -1.40. The lowest BCUT2D eigenvalue weighted by molar-refractivity contribution is -0.117. The molecule has 1 aliphatic rings. The molecule has 2 rings (SSSR count). The Morgan fingerprint density at radius 1 is 1.39 bits per heavy atom. The first-order valence-corrected chi connectivity index (χ1v) is 7.65. The van der Waals surface area contributed by atoms with E-state index in [0.717, 1.165) is 19.3 Å². The van der Waals surface area contributed by atoms with Gasteiger partial charge in [0.2, 0.25) is 5.91 Å². The average Bonchev–Trinajstić information content (AvgIpc) is 2.23. The summed E-state index contributed by atoms with van der Waals surface area (Å²) in [4.78, 5) is 11.9. The van der Waals surface area contributed by atoms with Crippen LogP contribution in [0.5, 0.6) is 0 Å². The molecule has 18 heavy (non-hydrogen) atoms. The van der Waals surface area contributed by atoms with Crippen molar-refractivity contribution in [2.75, 3.05) is 24.7 Å². The van der Waals surface area contributed by atoms with Crippen LogP contribution in [0.4, 0.5) is 5.69 Å². The van der Waals surface area contributed by atoms with Gasteiger partial charge in [0.25, 0.3) is 0 Å². The monoisotopic (exact) mass is 268 g/mol. The summed E-state index contributed by atoms with van der Waals surface area (Å²) in [6, 6.07) is 6.44. The number of amides is 1. The number of hydrogen-bond donors (Lipinski definition) is 2. The maximum Gasteiger partial charge on any atom is 0.224 e. The lowest BCUT2D eigenvalue weighted by Gasteiger charge is -2.26. The highest BCUT2D eigenvalue weighted by molar-refractivity contribution is 7.90. The van der Waals surface area contributed by atoms with E-state index in [2.05, 4.69) is 10.6 Å². The number of rotatable bonds is 4. The van der Waals surface area contributed by atoms with E-state index in [0.29, 0.717) is 18.0 Å². The van der Waals surface area contributed by atoms with E-state index in [1.165, 1.54) is 6.07 Å². The third-order valence-electron chi connectivity index (χ3n) is 2.90. The number of carbonyl (C=O) groups is 1. The molecule has 1 fully saturated rings. The zero-order valence-corrected chi connectivity index (χ0v) is 11.0. The molecule has 0 aromatic heterocycles. The Bertz CT molecular complexity index is 550. The van der Waals surface area contributed by atoms with E-state index >= 15 is 0 Å². The van der Waals surface area contributed by atoms with E-state index in [9.17, 15) is 13.2 Å². The van der Waals surface area contributed by atoms with Gasteiger partial charge in [-0.15, -0.1) is 0 Å². The van der Waals surface area contributed by atoms with Crippen LogP contribution in [-0.2, 0) is 14.6 Å². The van der Waals surface area contributed by atoms with Gasteiger partial charge < -0.3 is 10.6 Å². The first-order valence-electron chi connectivity index (χ1n) is 5.76. The zero-order chi connectivity index (χ0) is 13.2. The number of carbonyl (C=O) groups excluding carboxylic acids is 1. The van der Waals surface area contributed by atoms with E-state index in [1.807, 2.05) is 0 Å². The normalized spacial score (nSPS) is 16.1. The van der Waals surface area contributed by atoms with Gasteiger partial charge in [0.05, 0.1) is 10.6 Å². The molecular weight excluding hydrogens is 252 g/mol. The van der Waals surface area contributed by atoms with Crippen LogP contribution in [0.3, 0.4) is 0 Å². The maximum absolute atomic E-state index is 11.8. The van der Waals surface area contributed by atoms with Crippen LogP contribution in [0.15, 0.2) is 29.2 Å². The molecule has 0 unspecified atom stereocenters. The standard InChI is InChI=1S/C12H16N2O3S/c1-18(16,17)11-5-3-2-4-10(11)14-12(15)6-9-7-13-8-9/h2-5,9,13H,6-8H2,1H3,(H,14,15). The Labute approximate surface area is 107 Å². The summed E-state index contributed by atoms with van der Waals surface area (Å²) in [6.07, 6.45) is 1.55. The molecule has 0 saturated carbocycles. The minimum absolute atomic E-state index is 0.141. The summed E-state index contributed by atoms with van der Waals surface area (Å²) >= 11 is 0. The SMILES string of the molecule is CS(=O)(=O)c1ccccc1NC(=O)CC1CNC1. The highest BCUT2D eigenvalue weighted by atomic mass is 32.2. The highest BCUT2D eigenvalue weighted by Crippen LogP contribution is 2.21. The molecule has 0 bridgehead atoms. The molecule has 0 spiro atoms. The van der Waals surface area contributed by atoms with Gasteiger partial charge in [-0.1, -0.05) is 12.1 Å². The first-order chi connectivity index (χ1) is 8.47. The largest absolute Gasteiger partial charge is 0.325 e. The summed E-state index contributed by atoms with van der Waals surface area (Å²) in [5, 5.41) is 5.76. The molecule has 0 aliphatic carbocycles. The predicted octanol–water partition coefficient (Wildman–Crippen LogP) is 0.638. The van der Waals surface area contributed by atoms with Crippen molar-refractivity contribution >= 4 is 21.4 Å². The summed E-state index contributed by atoms with van der Waals surface area (Å²) in [5.74, 6) is 0.216. The quantitative estimate of drug-likeness (QED) is 0.840. The zero-order valence-electron chi connectivity index (χ0n) is 10.1. The van der Waals surface area contributed by atoms with Crippen LogP contribution in [0.1, 0.15) is 6.42 Å². The van der Waals surface area contributed by atoms with Crippen molar-refractivity contribution in [3.63, 3.8) is 0 Å². The number of hydrogen-bond acceptors (Lipinski definition) is 4. The molecule has 5 nitrogen and oxygen atoms in total. The molecule has 6 heteroatoms. The van der Waals surface area contributed by atoms with Gasteiger partial charge in [0.15, 0.2) is 9.84 Å². The smallest absolute Gasteiger partial charge is 0.224 e.